The van der Waals surface area contributed by atoms with Crippen LogP contribution in [0.4, 0.5) is 11.4 Å². The lowest BCUT2D eigenvalue weighted by atomic mass is 10.1. The van der Waals surface area contributed by atoms with Crippen LogP contribution in [0.25, 0.3) is 6.08 Å². The van der Waals surface area contributed by atoms with Gasteiger partial charge < -0.3 is 36.6 Å². The SMILES string of the molecule is Cn1cc(NC(=O)c2cc(NC(=O)C3=CC(C(=O)C=Cc4ccc(S(=O)(=O)CCCl)cc4)=C[N+]3(C)NC=O)cn2C)cc1C(=O)NCCN=C(N)N. The zero-order chi connectivity index (χ0) is 38.2. The molecule has 0 saturated heterocycles. The number of carbonyl (C=O) groups excluding carboxylic acids is 5. The number of carbonyl (C=O) groups is 5. The number of ketones is 1. The van der Waals surface area contributed by atoms with Crippen LogP contribution in [-0.4, -0.2) is 89.8 Å². The minimum absolute atomic E-state index is 0.000876. The summed E-state index contributed by atoms with van der Waals surface area (Å²) >= 11 is 5.58. The zero-order valence-corrected chi connectivity index (χ0v) is 30.0. The molecule has 1 atom stereocenters. The van der Waals surface area contributed by atoms with Crippen molar-refractivity contribution in [1.29, 1.82) is 0 Å². The number of quaternary nitrogens is 1. The maximum atomic E-state index is 13.5. The first kappa shape index (κ1) is 38.8. The Balaban J connectivity index is 1.43. The van der Waals surface area contributed by atoms with Crippen molar-refractivity contribution >= 4 is 74.8 Å². The summed E-state index contributed by atoms with van der Waals surface area (Å²) in [6, 6.07) is 8.86. The number of allylic oxidation sites excluding steroid dienone is 3. The number of rotatable bonds is 16. The first-order valence-electron chi connectivity index (χ1n) is 15.5. The van der Waals surface area contributed by atoms with Crippen molar-refractivity contribution in [2.45, 2.75) is 4.90 Å². The predicted molar refractivity (Wildman–Crippen MR) is 195 cm³/mol. The molecule has 52 heavy (non-hydrogen) atoms. The van der Waals surface area contributed by atoms with Gasteiger partial charge in [-0.05, 0) is 35.9 Å². The molecular weight excluding hydrogens is 716 g/mol. The lowest BCUT2D eigenvalue weighted by Crippen LogP contribution is -2.50. The topological polar surface area (TPSA) is 242 Å². The molecule has 3 heterocycles. The molecule has 0 saturated carbocycles. The van der Waals surface area contributed by atoms with Crippen molar-refractivity contribution in [3.8, 4) is 0 Å². The predicted octanol–water partition coefficient (Wildman–Crippen LogP) is 0.742. The molecule has 0 fully saturated rings. The van der Waals surface area contributed by atoms with E-state index < -0.39 is 37.9 Å². The van der Waals surface area contributed by atoms with Crippen LogP contribution in [0.1, 0.15) is 26.5 Å². The third-order valence-electron chi connectivity index (χ3n) is 7.72. The molecule has 274 valence electrons. The number of hydrogen-bond donors (Lipinski definition) is 6. The molecule has 1 aliphatic heterocycles. The van der Waals surface area contributed by atoms with E-state index in [0.29, 0.717) is 17.7 Å². The fraction of sp³-hybridized carbons (Fsp3) is 0.212. The molecule has 19 heteroatoms. The fourth-order valence-corrected chi connectivity index (χ4v) is 6.72. The van der Waals surface area contributed by atoms with Gasteiger partial charge in [-0.25, -0.2) is 8.42 Å². The van der Waals surface area contributed by atoms with Crippen LogP contribution in [-0.2, 0) is 38.3 Å². The number of likely N-dealkylation sites (N-methyl/N-ethyl adjacent to an activating group) is 1. The quantitative estimate of drug-likeness (QED) is 0.0230. The molecule has 1 unspecified atom stereocenters. The molecule has 4 rings (SSSR count). The van der Waals surface area contributed by atoms with Gasteiger partial charge in [0.2, 0.25) is 5.70 Å². The van der Waals surface area contributed by atoms with E-state index in [1.54, 1.807) is 37.0 Å². The number of alkyl halides is 1. The number of anilines is 2. The van der Waals surface area contributed by atoms with Gasteiger partial charge in [0, 0.05) is 45.0 Å². The van der Waals surface area contributed by atoms with Gasteiger partial charge in [0.25, 0.3) is 18.2 Å². The van der Waals surface area contributed by atoms with Crippen molar-refractivity contribution in [3.63, 3.8) is 0 Å². The Morgan fingerprint density at radius 1 is 0.942 bits per heavy atom. The number of aliphatic imine (C=N–C) groups is 1. The van der Waals surface area contributed by atoms with Gasteiger partial charge in [0.1, 0.15) is 24.6 Å². The summed E-state index contributed by atoms with van der Waals surface area (Å²) in [6.45, 7) is 0.407. The van der Waals surface area contributed by atoms with E-state index in [1.807, 2.05) is 0 Å². The second kappa shape index (κ2) is 16.4. The van der Waals surface area contributed by atoms with Gasteiger partial charge in [-0.3, -0.25) is 29.0 Å². The van der Waals surface area contributed by atoms with E-state index >= 15 is 0 Å². The Morgan fingerprint density at radius 3 is 2.12 bits per heavy atom. The van der Waals surface area contributed by atoms with E-state index in [4.69, 9.17) is 23.1 Å². The molecule has 3 aromatic rings. The van der Waals surface area contributed by atoms with Crippen LogP contribution in [0, 0.1) is 0 Å². The van der Waals surface area contributed by atoms with E-state index in [2.05, 4.69) is 26.4 Å². The summed E-state index contributed by atoms with van der Waals surface area (Å²) < 4.78 is 26.9. The summed E-state index contributed by atoms with van der Waals surface area (Å²) in [7, 11) is 1.23. The average molecular weight is 754 g/mol. The first-order chi connectivity index (χ1) is 24.6. The van der Waals surface area contributed by atoms with Gasteiger partial charge in [0.05, 0.1) is 34.1 Å². The average Bonchev–Trinajstić information content (AvgIpc) is 3.75. The highest BCUT2D eigenvalue weighted by Gasteiger charge is 2.39. The lowest BCUT2D eigenvalue weighted by molar-refractivity contribution is -0.849. The molecule has 1 aliphatic rings. The Hall–Kier alpha value is -5.98. The summed E-state index contributed by atoms with van der Waals surface area (Å²) in [6.07, 6.45) is 8.93. The van der Waals surface area contributed by atoms with Crippen LogP contribution in [0.5, 0.6) is 0 Å². The molecule has 0 aliphatic carbocycles. The monoisotopic (exact) mass is 753 g/mol. The molecule has 1 aromatic carbocycles. The van der Waals surface area contributed by atoms with Crippen molar-refractivity contribution in [2.75, 3.05) is 42.4 Å². The first-order valence-corrected chi connectivity index (χ1v) is 17.7. The molecule has 8 N–H and O–H groups in total. The van der Waals surface area contributed by atoms with E-state index in [1.165, 1.54) is 66.5 Å². The second-order valence-corrected chi connectivity index (χ2v) is 14.1. The number of guanidine groups is 1. The normalized spacial score (nSPS) is 15.4. The van der Waals surface area contributed by atoms with E-state index in [0.717, 1.165) is 0 Å². The van der Waals surface area contributed by atoms with Crippen LogP contribution in [0.3, 0.4) is 0 Å². The fourth-order valence-electron chi connectivity index (χ4n) is 5.12. The Morgan fingerprint density at radius 2 is 1.54 bits per heavy atom. The number of halogens is 1. The minimum atomic E-state index is -3.51. The van der Waals surface area contributed by atoms with Crippen molar-refractivity contribution in [1.82, 2.24) is 19.9 Å². The van der Waals surface area contributed by atoms with Gasteiger partial charge in [0.15, 0.2) is 21.6 Å². The highest BCUT2D eigenvalue weighted by atomic mass is 35.5. The smallest absolute Gasteiger partial charge is 0.312 e. The number of hydrogen-bond acceptors (Lipinski definition) is 8. The summed E-state index contributed by atoms with van der Waals surface area (Å²) in [4.78, 5) is 67.7. The number of nitrogens with two attached hydrogens (primary N) is 2. The Bertz CT molecular complexity index is 2130. The van der Waals surface area contributed by atoms with Gasteiger partial charge in [-0.1, -0.05) is 18.2 Å². The van der Waals surface area contributed by atoms with E-state index in [9.17, 15) is 32.4 Å². The van der Waals surface area contributed by atoms with Crippen LogP contribution in [0.15, 0.2) is 88.3 Å². The minimum Gasteiger partial charge on any atom is -0.370 e. The summed E-state index contributed by atoms with van der Waals surface area (Å²) in [5, 5.41) is 8.11. The molecular formula is C33H38ClN10O7S+. The number of aromatic nitrogens is 2. The summed E-state index contributed by atoms with van der Waals surface area (Å²) in [5.41, 5.74) is 14.8. The van der Waals surface area contributed by atoms with Gasteiger partial charge in [-0.2, -0.15) is 10.0 Å². The molecule has 0 radical (unpaired) electrons. The molecule has 0 bridgehead atoms. The van der Waals surface area contributed by atoms with Crippen molar-refractivity contribution in [3.05, 3.63) is 95.4 Å². The molecule has 0 spiro atoms. The highest BCUT2D eigenvalue weighted by molar-refractivity contribution is 7.91. The lowest BCUT2D eigenvalue weighted by Gasteiger charge is -2.25. The van der Waals surface area contributed by atoms with Gasteiger partial charge >= 0.3 is 5.91 Å². The third kappa shape index (κ3) is 9.42. The number of amides is 4. The zero-order valence-electron chi connectivity index (χ0n) is 28.4. The largest absolute Gasteiger partial charge is 0.370 e. The standard InChI is InChI=1S/C33H37ClN10O7S/c1-42-17-23(15-26(42)30(47)37-11-12-38-33(35)36)40-31(48)27-16-24(18-43(27)2)41-32(49)28-14-22(19-44(28,3)39-20-45)29(46)9-6-21-4-7-25(8-5-21)52(50,51)13-10-34/h4-9,14-20H,10-13H2,1-3H3,(H7-,35,36,37,38,39,40,41,45,47,48,49)/p+1. The number of nitrogens with zero attached hydrogens (tertiary/aromatic N) is 4. The Kier molecular flexibility index (Phi) is 12.2. The van der Waals surface area contributed by atoms with Gasteiger partial charge in [-0.15, -0.1) is 11.6 Å². The number of benzene rings is 1. The van der Waals surface area contributed by atoms with Crippen LogP contribution in [0.2, 0.25) is 0 Å². The van der Waals surface area contributed by atoms with E-state index in [-0.39, 0.29) is 63.9 Å². The molecule has 17 nitrogen and oxygen atoms in total. The molecule has 2 aromatic heterocycles. The van der Waals surface area contributed by atoms with Crippen molar-refractivity contribution in [2.24, 2.45) is 30.6 Å². The Labute approximate surface area is 304 Å². The maximum Gasteiger partial charge on any atom is 0.312 e. The number of sulfone groups is 1. The van der Waals surface area contributed by atoms with Crippen LogP contribution < -0.4 is 32.8 Å². The summed E-state index contributed by atoms with van der Waals surface area (Å²) in [5.74, 6) is -2.39. The van der Waals surface area contributed by atoms with Crippen LogP contribution >= 0.6 is 11.6 Å². The number of aryl methyl sites for hydroxylation is 2. The maximum absolute atomic E-state index is 13.5. The third-order valence-corrected chi connectivity index (χ3v) is 9.87. The highest BCUT2D eigenvalue weighted by Crippen LogP contribution is 2.27. The second-order valence-electron chi connectivity index (χ2n) is 11.6. The molecule has 4 amide bonds. The number of nitrogens with one attached hydrogen (secondary N) is 4. The van der Waals surface area contributed by atoms with Crippen molar-refractivity contribution < 1.29 is 37.0 Å².